The third-order valence-electron chi connectivity index (χ3n) is 4.41. The molecule has 2 aromatic rings. The number of rotatable bonds is 10. The van der Waals surface area contributed by atoms with E-state index >= 15 is 0 Å². The molecule has 0 bridgehead atoms. The molecule has 0 radical (unpaired) electrons. The Labute approximate surface area is 176 Å². The van der Waals surface area contributed by atoms with E-state index in [1.54, 1.807) is 36.3 Å². The van der Waals surface area contributed by atoms with Gasteiger partial charge < -0.3 is 19.7 Å². The van der Waals surface area contributed by atoms with Crippen LogP contribution in [0, 0.1) is 0 Å². The minimum atomic E-state index is -0.590. The summed E-state index contributed by atoms with van der Waals surface area (Å²) in [5, 5.41) is 3.33. The molecule has 0 aliphatic heterocycles. The van der Waals surface area contributed by atoms with Crippen LogP contribution < -0.4 is 14.8 Å². The van der Waals surface area contributed by atoms with Crippen molar-refractivity contribution in [1.29, 1.82) is 0 Å². The Morgan fingerprint density at radius 1 is 1.10 bits per heavy atom. The lowest BCUT2D eigenvalue weighted by atomic mass is 10.1. The number of carbonyl (C=O) groups excluding carboxylic acids is 2. The Kier molecular flexibility index (Phi) is 8.80. The van der Waals surface area contributed by atoms with E-state index in [1.165, 1.54) is 0 Å². The van der Waals surface area contributed by atoms with Crippen molar-refractivity contribution in [3.05, 3.63) is 59.1 Å². The van der Waals surface area contributed by atoms with E-state index in [0.29, 0.717) is 23.7 Å². The number of methoxy groups -OCH3 is 1. The van der Waals surface area contributed by atoms with Crippen LogP contribution in [0.4, 0.5) is 0 Å². The van der Waals surface area contributed by atoms with Crippen molar-refractivity contribution in [2.75, 3.05) is 20.3 Å². The van der Waals surface area contributed by atoms with Gasteiger partial charge in [-0.3, -0.25) is 9.59 Å². The lowest BCUT2D eigenvalue weighted by Crippen LogP contribution is -2.50. The van der Waals surface area contributed by atoms with Crippen LogP contribution in [0.1, 0.15) is 25.8 Å². The Balaban J connectivity index is 2.18. The van der Waals surface area contributed by atoms with Gasteiger partial charge in [-0.25, -0.2) is 0 Å². The predicted octanol–water partition coefficient (Wildman–Crippen LogP) is 3.67. The second-order valence-electron chi connectivity index (χ2n) is 6.43. The normalized spacial score (nSPS) is 11.4. The zero-order valence-electron chi connectivity index (χ0n) is 17.0. The van der Waals surface area contributed by atoms with Crippen molar-refractivity contribution in [3.8, 4) is 11.5 Å². The van der Waals surface area contributed by atoms with Crippen LogP contribution in [-0.4, -0.2) is 43.0 Å². The number of benzene rings is 2. The van der Waals surface area contributed by atoms with E-state index in [9.17, 15) is 9.59 Å². The largest absolute Gasteiger partial charge is 0.497 e. The van der Waals surface area contributed by atoms with Crippen LogP contribution in [0.3, 0.4) is 0 Å². The maximum Gasteiger partial charge on any atom is 0.261 e. The molecule has 0 aromatic heterocycles. The molecule has 1 N–H and O–H groups in total. The fourth-order valence-electron chi connectivity index (χ4n) is 2.92. The molecule has 0 spiro atoms. The minimum Gasteiger partial charge on any atom is -0.497 e. The number of carbonyl (C=O) groups is 2. The SMILES string of the molecule is CCNC(=O)C(CC)N(Cc1ccc(OC)cc1)C(=O)COc1cccc(Cl)c1. The highest BCUT2D eigenvalue weighted by Crippen LogP contribution is 2.19. The quantitative estimate of drug-likeness (QED) is 0.639. The van der Waals surface area contributed by atoms with Crippen molar-refractivity contribution >= 4 is 23.4 Å². The standard InChI is InChI=1S/C22H27ClN2O4/c1-4-20(22(27)24-5-2)25(14-16-9-11-18(28-3)12-10-16)21(26)15-29-19-8-6-7-17(23)13-19/h6-13,20H,4-5,14-15H2,1-3H3,(H,24,27). The first-order valence-corrected chi connectivity index (χ1v) is 9.94. The van der Waals surface area contributed by atoms with Crippen molar-refractivity contribution < 1.29 is 19.1 Å². The summed E-state index contributed by atoms with van der Waals surface area (Å²) in [5.41, 5.74) is 0.893. The van der Waals surface area contributed by atoms with Gasteiger partial charge in [0, 0.05) is 18.1 Å². The molecule has 29 heavy (non-hydrogen) atoms. The molecule has 0 aliphatic carbocycles. The first-order valence-electron chi connectivity index (χ1n) is 9.56. The van der Waals surface area contributed by atoms with Gasteiger partial charge in [0.1, 0.15) is 17.5 Å². The molecule has 0 saturated heterocycles. The van der Waals surface area contributed by atoms with Crippen molar-refractivity contribution in [1.82, 2.24) is 10.2 Å². The average molecular weight is 419 g/mol. The van der Waals surface area contributed by atoms with Gasteiger partial charge in [0.15, 0.2) is 6.61 Å². The molecule has 6 nitrogen and oxygen atoms in total. The number of likely N-dealkylation sites (N-methyl/N-ethyl adjacent to an activating group) is 1. The van der Waals surface area contributed by atoms with Crippen LogP contribution >= 0.6 is 11.6 Å². The van der Waals surface area contributed by atoms with Gasteiger partial charge in [0.05, 0.1) is 7.11 Å². The van der Waals surface area contributed by atoms with E-state index in [2.05, 4.69) is 5.32 Å². The van der Waals surface area contributed by atoms with Gasteiger partial charge in [-0.2, -0.15) is 0 Å². The summed E-state index contributed by atoms with van der Waals surface area (Å²) in [6.45, 7) is 4.33. The van der Waals surface area contributed by atoms with Crippen molar-refractivity contribution in [3.63, 3.8) is 0 Å². The fourth-order valence-corrected chi connectivity index (χ4v) is 3.10. The molecule has 2 amide bonds. The summed E-state index contributed by atoms with van der Waals surface area (Å²) < 4.78 is 10.8. The van der Waals surface area contributed by atoms with Crippen LogP contribution in [0.5, 0.6) is 11.5 Å². The van der Waals surface area contributed by atoms with Gasteiger partial charge in [-0.15, -0.1) is 0 Å². The summed E-state index contributed by atoms with van der Waals surface area (Å²) in [4.78, 5) is 27.1. The molecule has 156 valence electrons. The first kappa shape index (κ1) is 22.6. The number of ether oxygens (including phenoxy) is 2. The molecule has 0 heterocycles. The predicted molar refractivity (Wildman–Crippen MR) is 113 cm³/mol. The van der Waals surface area contributed by atoms with Gasteiger partial charge >= 0.3 is 0 Å². The molecule has 0 aliphatic rings. The molecular formula is C22H27ClN2O4. The Hall–Kier alpha value is -2.73. The minimum absolute atomic E-state index is 0.181. The van der Waals surface area contributed by atoms with E-state index in [-0.39, 0.29) is 25.0 Å². The van der Waals surface area contributed by atoms with Crippen LogP contribution in [0.25, 0.3) is 0 Å². The maximum atomic E-state index is 13.0. The van der Waals surface area contributed by atoms with E-state index in [0.717, 1.165) is 11.3 Å². The van der Waals surface area contributed by atoms with Crippen LogP contribution in [-0.2, 0) is 16.1 Å². The third kappa shape index (κ3) is 6.68. The summed E-state index contributed by atoms with van der Waals surface area (Å²) in [6, 6.07) is 13.7. The lowest BCUT2D eigenvalue weighted by Gasteiger charge is -2.30. The van der Waals surface area contributed by atoms with Gasteiger partial charge in [0.2, 0.25) is 5.91 Å². The van der Waals surface area contributed by atoms with Crippen molar-refractivity contribution in [2.24, 2.45) is 0 Å². The van der Waals surface area contributed by atoms with Gasteiger partial charge in [0.25, 0.3) is 5.91 Å². The Morgan fingerprint density at radius 2 is 1.83 bits per heavy atom. The highest BCUT2D eigenvalue weighted by Gasteiger charge is 2.28. The molecule has 1 atom stereocenters. The Bertz CT molecular complexity index is 811. The zero-order chi connectivity index (χ0) is 21.2. The number of nitrogens with one attached hydrogen (secondary N) is 1. The summed E-state index contributed by atoms with van der Waals surface area (Å²) >= 11 is 5.97. The van der Waals surface area contributed by atoms with E-state index in [4.69, 9.17) is 21.1 Å². The molecular weight excluding hydrogens is 392 g/mol. The second-order valence-corrected chi connectivity index (χ2v) is 6.87. The lowest BCUT2D eigenvalue weighted by molar-refractivity contribution is -0.142. The highest BCUT2D eigenvalue weighted by atomic mass is 35.5. The van der Waals surface area contributed by atoms with Crippen molar-refractivity contribution in [2.45, 2.75) is 32.9 Å². The second kappa shape index (κ2) is 11.3. The summed E-state index contributed by atoms with van der Waals surface area (Å²) in [7, 11) is 1.60. The molecule has 0 fully saturated rings. The molecule has 2 aromatic carbocycles. The van der Waals surface area contributed by atoms with E-state index < -0.39 is 6.04 Å². The summed E-state index contributed by atoms with van der Waals surface area (Å²) in [6.07, 6.45) is 0.491. The fraction of sp³-hybridized carbons (Fsp3) is 0.364. The topological polar surface area (TPSA) is 67.9 Å². The van der Waals surface area contributed by atoms with E-state index in [1.807, 2.05) is 38.1 Å². The van der Waals surface area contributed by atoms with Gasteiger partial charge in [-0.1, -0.05) is 36.7 Å². The van der Waals surface area contributed by atoms with Crippen LogP contribution in [0.15, 0.2) is 48.5 Å². The molecule has 1 unspecified atom stereocenters. The monoisotopic (exact) mass is 418 g/mol. The number of hydrogen-bond donors (Lipinski definition) is 1. The third-order valence-corrected chi connectivity index (χ3v) is 4.64. The first-order chi connectivity index (χ1) is 14.0. The Morgan fingerprint density at radius 3 is 2.41 bits per heavy atom. The number of nitrogens with zero attached hydrogens (tertiary/aromatic N) is 1. The maximum absolute atomic E-state index is 13.0. The van der Waals surface area contributed by atoms with Crippen LogP contribution in [0.2, 0.25) is 5.02 Å². The average Bonchev–Trinajstić information content (AvgIpc) is 2.72. The molecule has 0 saturated carbocycles. The zero-order valence-corrected chi connectivity index (χ0v) is 17.7. The highest BCUT2D eigenvalue weighted by molar-refractivity contribution is 6.30. The smallest absolute Gasteiger partial charge is 0.261 e. The number of amides is 2. The van der Waals surface area contributed by atoms with Gasteiger partial charge in [-0.05, 0) is 49.2 Å². The summed E-state index contributed by atoms with van der Waals surface area (Å²) in [5.74, 6) is 0.770. The molecule has 7 heteroatoms. The number of halogens is 1. The molecule has 2 rings (SSSR count). The number of hydrogen-bond acceptors (Lipinski definition) is 4.